The molecule has 0 aromatic carbocycles. The van der Waals surface area contributed by atoms with Crippen LogP contribution in [0.15, 0.2) is 18.3 Å². The Kier molecular flexibility index (Phi) is 6.91. The number of likely N-dealkylation sites (tertiary alicyclic amines) is 1. The predicted molar refractivity (Wildman–Crippen MR) is 113 cm³/mol. The van der Waals surface area contributed by atoms with Gasteiger partial charge in [0.25, 0.3) is 0 Å². The summed E-state index contributed by atoms with van der Waals surface area (Å²) in [5, 5.41) is 0. The molecule has 1 aromatic rings. The first-order valence-electron chi connectivity index (χ1n) is 11.3. The zero-order valence-corrected chi connectivity index (χ0v) is 18.3. The number of pyridine rings is 1. The van der Waals surface area contributed by atoms with E-state index in [9.17, 15) is 4.79 Å². The van der Waals surface area contributed by atoms with Gasteiger partial charge >= 0.3 is 5.97 Å². The van der Waals surface area contributed by atoms with E-state index in [0.717, 1.165) is 71.6 Å². The minimum absolute atomic E-state index is 0.00689. The molecule has 0 amide bonds. The van der Waals surface area contributed by atoms with Gasteiger partial charge in [-0.2, -0.15) is 0 Å². The molecule has 4 rings (SSSR count). The molecule has 0 spiro atoms. The van der Waals surface area contributed by atoms with Crippen LogP contribution in [-0.2, 0) is 20.8 Å². The standard InChI is InChI=1S/C23H35N3O4/c1-3-30-22(27)23-7-4-20(26-10-12-29-13-11-26)15-19(23)6-9-25(17-23)16-18-5-8-24-21(14-18)28-2/h5,8,14,19-20H,3-4,6-7,9-13,15-17H2,1-2H3/t19-,20?,23-/m1/s1. The van der Waals surface area contributed by atoms with Crippen LogP contribution in [0.3, 0.4) is 0 Å². The molecular formula is C23H35N3O4. The number of carbonyl (C=O) groups is 1. The molecule has 7 heteroatoms. The molecule has 0 N–H and O–H groups in total. The molecule has 30 heavy (non-hydrogen) atoms. The smallest absolute Gasteiger partial charge is 0.313 e. The summed E-state index contributed by atoms with van der Waals surface area (Å²) in [5.74, 6) is 1.03. The number of rotatable bonds is 6. The zero-order chi connectivity index (χ0) is 21.0. The van der Waals surface area contributed by atoms with E-state index in [1.165, 1.54) is 5.56 Å². The molecule has 1 unspecified atom stereocenters. The number of ether oxygens (including phenoxy) is 3. The Labute approximate surface area is 179 Å². The Balaban J connectivity index is 1.48. The lowest BCUT2D eigenvalue weighted by Crippen LogP contribution is -2.58. The third-order valence-corrected chi connectivity index (χ3v) is 7.22. The fraction of sp³-hybridized carbons (Fsp3) is 0.739. The number of carbonyl (C=O) groups excluding carboxylic acids is 1. The SMILES string of the molecule is CCOC(=O)[C@@]12CCC(N3CCOCC3)C[C@H]1CCN(Cc1ccnc(OC)c1)C2. The van der Waals surface area contributed by atoms with E-state index in [-0.39, 0.29) is 11.4 Å². The molecular weight excluding hydrogens is 382 g/mol. The number of aromatic nitrogens is 1. The van der Waals surface area contributed by atoms with Gasteiger partial charge in [0.15, 0.2) is 0 Å². The Hall–Kier alpha value is -1.70. The molecule has 7 nitrogen and oxygen atoms in total. The van der Waals surface area contributed by atoms with Crippen molar-refractivity contribution in [3.8, 4) is 5.88 Å². The lowest BCUT2D eigenvalue weighted by Gasteiger charge is -2.52. The number of hydrogen-bond acceptors (Lipinski definition) is 7. The average molecular weight is 418 g/mol. The van der Waals surface area contributed by atoms with Gasteiger partial charge in [-0.05, 0) is 56.7 Å². The van der Waals surface area contributed by atoms with E-state index in [2.05, 4.69) is 14.8 Å². The summed E-state index contributed by atoms with van der Waals surface area (Å²) in [6.45, 7) is 8.62. The lowest BCUT2D eigenvalue weighted by atomic mass is 9.61. The van der Waals surface area contributed by atoms with Crippen LogP contribution >= 0.6 is 0 Å². The van der Waals surface area contributed by atoms with E-state index in [1.807, 2.05) is 19.1 Å². The third kappa shape index (κ3) is 4.48. The van der Waals surface area contributed by atoms with Crippen LogP contribution in [0.2, 0.25) is 0 Å². The summed E-state index contributed by atoms with van der Waals surface area (Å²) in [6, 6.07) is 4.58. The number of fused-ring (bicyclic) bond motifs is 1. The van der Waals surface area contributed by atoms with Crippen molar-refractivity contribution in [2.24, 2.45) is 11.3 Å². The second kappa shape index (κ2) is 9.62. The highest BCUT2D eigenvalue weighted by Crippen LogP contribution is 2.48. The van der Waals surface area contributed by atoms with E-state index >= 15 is 0 Å². The molecule has 3 heterocycles. The quantitative estimate of drug-likeness (QED) is 0.659. The molecule has 2 aliphatic heterocycles. The summed E-state index contributed by atoms with van der Waals surface area (Å²) in [7, 11) is 1.64. The fourth-order valence-corrected chi connectivity index (χ4v) is 5.65. The van der Waals surface area contributed by atoms with Gasteiger partial charge in [0.2, 0.25) is 5.88 Å². The first-order valence-corrected chi connectivity index (χ1v) is 11.3. The van der Waals surface area contributed by atoms with E-state index in [1.54, 1.807) is 13.3 Å². The van der Waals surface area contributed by atoms with E-state index in [0.29, 0.717) is 24.4 Å². The summed E-state index contributed by atoms with van der Waals surface area (Å²) in [6.07, 6.45) is 5.90. The molecule has 0 radical (unpaired) electrons. The minimum atomic E-state index is -0.381. The molecule has 2 saturated heterocycles. The van der Waals surface area contributed by atoms with Crippen LogP contribution < -0.4 is 4.74 Å². The van der Waals surface area contributed by atoms with Crippen molar-refractivity contribution in [1.82, 2.24) is 14.8 Å². The predicted octanol–water partition coefficient (Wildman–Crippen LogP) is 2.35. The Morgan fingerprint density at radius 1 is 1.30 bits per heavy atom. The van der Waals surface area contributed by atoms with Gasteiger partial charge in [-0.15, -0.1) is 0 Å². The molecule has 3 aliphatic rings. The number of nitrogens with zero attached hydrogens (tertiary/aromatic N) is 3. The van der Waals surface area contributed by atoms with E-state index in [4.69, 9.17) is 14.2 Å². The Bertz CT molecular complexity index is 724. The van der Waals surface area contributed by atoms with Crippen molar-refractivity contribution < 1.29 is 19.0 Å². The highest BCUT2D eigenvalue weighted by Gasteiger charge is 2.53. The summed E-state index contributed by atoms with van der Waals surface area (Å²) < 4.78 is 16.4. The average Bonchev–Trinajstić information content (AvgIpc) is 2.79. The number of methoxy groups -OCH3 is 1. The minimum Gasteiger partial charge on any atom is -0.481 e. The van der Waals surface area contributed by atoms with Crippen LogP contribution in [0.4, 0.5) is 0 Å². The molecule has 1 aromatic heterocycles. The zero-order valence-electron chi connectivity index (χ0n) is 18.3. The van der Waals surface area contributed by atoms with Gasteiger partial charge in [-0.3, -0.25) is 14.6 Å². The molecule has 3 fully saturated rings. The topological polar surface area (TPSA) is 64.1 Å². The first kappa shape index (κ1) is 21.5. The van der Waals surface area contributed by atoms with Crippen molar-refractivity contribution >= 4 is 5.97 Å². The number of esters is 1. The van der Waals surface area contributed by atoms with Crippen molar-refractivity contribution in [1.29, 1.82) is 0 Å². The number of morpholine rings is 1. The second-order valence-corrected chi connectivity index (χ2v) is 8.86. The lowest BCUT2D eigenvalue weighted by molar-refractivity contribution is -0.170. The summed E-state index contributed by atoms with van der Waals surface area (Å²) >= 11 is 0. The van der Waals surface area contributed by atoms with Gasteiger partial charge in [-0.25, -0.2) is 4.98 Å². The maximum absolute atomic E-state index is 13.2. The van der Waals surface area contributed by atoms with Crippen molar-refractivity contribution in [3.63, 3.8) is 0 Å². The summed E-state index contributed by atoms with van der Waals surface area (Å²) in [4.78, 5) is 22.4. The molecule has 1 saturated carbocycles. The van der Waals surface area contributed by atoms with Crippen LogP contribution in [0, 0.1) is 11.3 Å². The first-order chi connectivity index (χ1) is 14.6. The van der Waals surface area contributed by atoms with Crippen molar-refractivity contribution in [2.45, 2.75) is 45.2 Å². The highest BCUT2D eigenvalue weighted by atomic mass is 16.5. The van der Waals surface area contributed by atoms with Gasteiger partial charge in [0.05, 0.1) is 32.3 Å². The van der Waals surface area contributed by atoms with Crippen molar-refractivity contribution in [3.05, 3.63) is 23.9 Å². The highest BCUT2D eigenvalue weighted by molar-refractivity contribution is 5.78. The van der Waals surface area contributed by atoms with E-state index < -0.39 is 0 Å². The molecule has 3 atom stereocenters. The molecule has 166 valence electrons. The third-order valence-electron chi connectivity index (χ3n) is 7.22. The second-order valence-electron chi connectivity index (χ2n) is 8.86. The molecule has 0 bridgehead atoms. The van der Waals surface area contributed by atoms with Crippen LogP contribution in [0.5, 0.6) is 5.88 Å². The normalized spacial score (nSPS) is 30.5. The van der Waals surface area contributed by atoms with Gasteiger partial charge in [0, 0.05) is 44.5 Å². The number of piperidine rings is 1. The van der Waals surface area contributed by atoms with Gasteiger partial charge < -0.3 is 14.2 Å². The maximum atomic E-state index is 13.2. The maximum Gasteiger partial charge on any atom is 0.313 e. The molecule has 1 aliphatic carbocycles. The Morgan fingerprint density at radius 3 is 2.90 bits per heavy atom. The fourth-order valence-electron chi connectivity index (χ4n) is 5.65. The van der Waals surface area contributed by atoms with Gasteiger partial charge in [0.1, 0.15) is 0 Å². The van der Waals surface area contributed by atoms with Crippen LogP contribution in [0.25, 0.3) is 0 Å². The van der Waals surface area contributed by atoms with Crippen molar-refractivity contribution in [2.75, 3.05) is 53.1 Å². The largest absolute Gasteiger partial charge is 0.481 e. The number of hydrogen-bond donors (Lipinski definition) is 0. The monoisotopic (exact) mass is 417 g/mol. The van der Waals surface area contributed by atoms with Gasteiger partial charge in [-0.1, -0.05) is 0 Å². The van der Waals surface area contributed by atoms with Crippen LogP contribution in [-0.4, -0.2) is 79.9 Å². The van der Waals surface area contributed by atoms with Crippen LogP contribution in [0.1, 0.15) is 38.2 Å². The summed E-state index contributed by atoms with van der Waals surface area (Å²) in [5.41, 5.74) is 0.787. The Morgan fingerprint density at radius 2 is 2.13 bits per heavy atom.